The third-order valence-electron chi connectivity index (χ3n) is 3.77. The highest BCUT2D eigenvalue weighted by Gasteiger charge is 2.11. The number of imidazole rings is 1. The van der Waals surface area contributed by atoms with Gasteiger partial charge in [-0.25, -0.2) is 4.98 Å². The van der Waals surface area contributed by atoms with Crippen LogP contribution in [-0.2, 0) is 6.42 Å². The van der Waals surface area contributed by atoms with Crippen molar-refractivity contribution in [3.8, 4) is 5.69 Å². The molecule has 3 nitrogen and oxygen atoms in total. The van der Waals surface area contributed by atoms with Crippen molar-refractivity contribution in [2.75, 3.05) is 0 Å². The van der Waals surface area contributed by atoms with E-state index in [0.717, 1.165) is 34.6 Å². The van der Waals surface area contributed by atoms with Gasteiger partial charge in [0.15, 0.2) is 0 Å². The Bertz CT molecular complexity index is 764. The maximum atomic E-state index is 6.19. The highest BCUT2D eigenvalue weighted by atomic mass is 35.5. The van der Waals surface area contributed by atoms with Crippen molar-refractivity contribution < 1.29 is 0 Å². The standard InChI is InChI=1S/C17H18ClN3/c1-2-14(19)9-12-7-8-13(18)10-17(12)21-11-20-15-5-3-4-6-16(15)21/h3-8,10-11,14H,2,9,19H2,1H3. The molecule has 1 atom stereocenters. The van der Waals surface area contributed by atoms with Crippen LogP contribution in [-0.4, -0.2) is 15.6 Å². The number of aromatic nitrogens is 2. The molecule has 0 aliphatic carbocycles. The molecule has 0 radical (unpaired) electrons. The fourth-order valence-electron chi connectivity index (χ4n) is 2.51. The summed E-state index contributed by atoms with van der Waals surface area (Å²) >= 11 is 6.19. The van der Waals surface area contributed by atoms with Gasteiger partial charge in [0.05, 0.1) is 16.7 Å². The van der Waals surface area contributed by atoms with Gasteiger partial charge in [0, 0.05) is 11.1 Å². The van der Waals surface area contributed by atoms with Gasteiger partial charge in [0.2, 0.25) is 0 Å². The Hall–Kier alpha value is -1.84. The lowest BCUT2D eigenvalue weighted by atomic mass is 10.0. The predicted molar refractivity (Wildman–Crippen MR) is 88.1 cm³/mol. The van der Waals surface area contributed by atoms with E-state index in [1.807, 2.05) is 36.7 Å². The third-order valence-corrected chi connectivity index (χ3v) is 4.00. The lowest BCUT2D eigenvalue weighted by molar-refractivity contribution is 0.644. The van der Waals surface area contributed by atoms with Crippen molar-refractivity contribution in [3.05, 3.63) is 59.4 Å². The van der Waals surface area contributed by atoms with Crippen LogP contribution in [0.5, 0.6) is 0 Å². The molecule has 0 fully saturated rings. The fraction of sp³-hybridized carbons (Fsp3) is 0.235. The van der Waals surface area contributed by atoms with Crippen LogP contribution in [0, 0.1) is 0 Å². The molecule has 0 saturated heterocycles. The Labute approximate surface area is 129 Å². The molecule has 3 rings (SSSR count). The number of benzene rings is 2. The Kier molecular flexibility index (Phi) is 3.95. The highest BCUT2D eigenvalue weighted by Crippen LogP contribution is 2.25. The summed E-state index contributed by atoms with van der Waals surface area (Å²) in [5, 5.41) is 0.719. The maximum Gasteiger partial charge on any atom is 0.100 e. The lowest BCUT2D eigenvalue weighted by Gasteiger charge is -2.15. The minimum atomic E-state index is 0.153. The molecule has 0 aliphatic heterocycles. The average Bonchev–Trinajstić information content (AvgIpc) is 2.92. The quantitative estimate of drug-likeness (QED) is 0.792. The van der Waals surface area contributed by atoms with Gasteiger partial charge in [-0.05, 0) is 42.7 Å². The molecule has 0 amide bonds. The molecule has 0 saturated carbocycles. The Morgan fingerprint density at radius 2 is 2.05 bits per heavy atom. The minimum Gasteiger partial charge on any atom is -0.327 e. The van der Waals surface area contributed by atoms with Crippen molar-refractivity contribution in [3.63, 3.8) is 0 Å². The van der Waals surface area contributed by atoms with Gasteiger partial charge in [-0.15, -0.1) is 0 Å². The zero-order valence-corrected chi connectivity index (χ0v) is 12.7. The summed E-state index contributed by atoms with van der Waals surface area (Å²) in [6, 6.07) is 14.2. The van der Waals surface area contributed by atoms with Crippen LogP contribution in [0.2, 0.25) is 5.02 Å². The molecule has 3 aromatic rings. The molecule has 0 bridgehead atoms. The summed E-state index contributed by atoms with van der Waals surface area (Å²) in [6.45, 7) is 2.10. The summed E-state index contributed by atoms with van der Waals surface area (Å²) < 4.78 is 2.08. The van der Waals surface area contributed by atoms with Crippen molar-refractivity contribution in [2.45, 2.75) is 25.8 Å². The van der Waals surface area contributed by atoms with E-state index in [2.05, 4.69) is 28.6 Å². The second-order valence-corrected chi connectivity index (χ2v) is 5.69. The zero-order valence-electron chi connectivity index (χ0n) is 12.0. The van der Waals surface area contributed by atoms with Gasteiger partial charge >= 0.3 is 0 Å². The number of fused-ring (bicyclic) bond motifs is 1. The number of nitrogens with two attached hydrogens (primary N) is 1. The SMILES string of the molecule is CCC(N)Cc1ccc(Cl)cc1-n1cnc2ccccc21. The van der Waals surface area contributed by atoms with E-state index < -0.39 is 0 Å². The summed E-state index contributed by atoms with van der Waals surface area (Å²) in [7, 11) is 0. The van der Waals surface area contributed by atoms with Gasteiger partial charge in [0.25, 0.3) is 0 Å². The van der Waals surface area contributed by atoms with Gasteiger partial charge < -0.3 is 5.73 Å². The number of nitrogens with zero attached hydrogens (tertiary/aromatic N) is 2. The van der Waals surface area contributed by atoms with Gasteiger partial charge in [-0.3, -0.25) is 4.57 Å². The number of hydrogen-bond donors (Lipinski definition) is 1. The molecular weight excluding hydrogens is 282 g/mol. The van der Waals surface area contributed by atoms with Gasteiger partial charge in [-0.1, -0.05) is 36.7 Å². The fourth-order valence-corrected chi connectivity index (χ4v) is 2.68. The first-order chi connectivity index (χ1) is 10.2. The molecule has 1 unspecified atom stereocenters. The number of para-hydroxylation sites is 2. The van der Waals surface area contributed by atoms with E-state index in [1.54, 1.807) is 0 Å². The average molecular weight is 300 g/mol. The van der Waals surface area contributed by atoms with Crippen molar-refractivity contribution in [1.29, 1.82) is 0 Å². The molecule has 108 valence electrons. The van der Waals surface area contributed by atoms with Crippen molar-refractivity contribution in [2.24, 2.45) is 5.73 Å². The van der Waals surface area contributed by atoms with Crippen molar-refractivity contribution in [1.82, 2.24) is 9.55 Å². The van der Waals surface area contributed by atoms with Crippen LogP contribution in [0.1, 0.15) is 18.9 Å². The molecule has 4 heteroatoms. The molecule has 21 heavy (non-hydrogen) atoms. The Morgan fingerprint density at radius 3 is 2.86 bits per heavy atom. The second-order valence-electron chi connectivity index (χ2n) is 5.25. The molecular formula is C17H18ClN3. The first kappa shape index (κ1) is 14.1. The largest absolute Gasteiger partial charge is 0.327 e. The number of halogens is 1. The van der Waals surface area contributed by atoms with E-state index in [9.17, 15) is 0 Å². The summed E-state index contributed by atoms with van der Waals surface area (Å²) in [5.74, 6) is 0. The summed E-state index contributed by atoms with van der Waals surface area (Å²) in [6.07, 6.45) is 3.62. The first-order valence-corrected chi connectivity index (χ1v) is 7.53. The molecule has 1 aromatic heterocycles. The zero-order chi connectivity index (χ0) is 14.8. The number of hydrogen-bond acceptors (Lipinski definition) is 2. The Morgan fingerprint density at radius 1 is 1.24 bits per heavy atom. The summed E-state index contributed by atoms with van der Waals surface area (Å²) in [5.41, 5.74) is 10.4. The van der Waals surface area contributed by atoms with Crippen LogP contribution in [0.3, 0.4) is 0 Å². The Balaban J connectivity index is 2.14. The second kappa shape index (κ2) is 5.88. The van der Waals surface area contributed by atoms with E-state index in [4.69, 9.17) is 17.3 Å². The minimum absolute atomic E-state index is 0.153. The monoisotopic (exact) mass is 299 g/mol. The number of rotatable bonds is 4. The highest BCUT2D eigenvalue weighted by molar-refractivity contribution is 6.30. The van der Waals surface area contributed by atoms with E-state index in [-0.39, 0.29) is 6.04 Å². The van der Waals surface area contributed by atoms with Crippen LogP contribution in [0.4, 0.5) is 0 Å². The topological polar surface area (TPSA) is 43.8 Å². The van der Waals surface area contributed by atoms with Crippen LogP contribution >= 0.6 is 11.6 Å². The molecule has 0 spiro atoms. The van der Waals surface area contributed by atoms with Gasteiger partial charge in [0.1, 0.15) is 6.33 Å². The van der Waals surface area contributed by atoms with Crippen molar-refractivity contribution >= 4 is 22.6 Å². The van der Waals surface area contributed by atoms with Crippen LogP contribution < -0.4 is 5.73 Å². The molecule has 2 N–H and O–H groups in total. The summed E-state index contributed by atoms with van der Waals surface area (Å²) in [4.78, 5) is 4.45. The van der Waals surface area contributed by atoms with Crippen LogP contribution in [0.15, 0.2) is 48.8 Å². The predicted octanol–water partition coefficient (Wildman–Crippen LogP) is 3.96. The lowest BCUT2D eigenvalue weighted by Crippen LogP contribution is -2.22. The van der Waals surface area contributed by atoms with Crippen LogP contribution in [0.25, 0.3) is 16.7 Å². The third kappa shape index (κ3) is 2.80. The molecule has 1 heterocycles. The maximum absolute atomic E-state index is 6.19. The van der Waals surface area contributed by atoms with E-state index >= 15 is 0 Å². The van der Waals surface area contributed by atoms with Gasteiger partial charge in [-0.2, -0.15) is 0 Å². The smallest absolute Gasteiger partial charge is 0.100 e. The molecule has 2 aromatic carbocycles. The van der Waals surface area contributed by atoms with E-state index in [1.165, 1.54) is 5.56 Å². The first-order valence-electron chi connectivity index (χ1n) is 7.15. The molecule has 0 aliphatic rings. The van der Waals surface area contributed by atoms with E-state index in [0.29, 0.717) is 0 Å². The normalized spacial score (nSPS) is 12.7.